The van der Waals surface area contributed by atoms with Crippen molar-refractivity contribution < 1.29 is 9.53 Å². The van der Waals surface area contributed by atoms with Crippen LogP contribution in [-0.4, -0.2) is 37.9 Å². The van der Waals surface area contributed by atoms with Crippen LogP contribution < -0.4 is 10.9 Å². The average molecular weight is 393 g/mol. The summed E-state index contributed by atoms with van der Waals surface area (Å²) in [5.74, 6) is -0.386. The molecule has 1 fully saturated rings. The maximum atomic E-state index is 12.9. The van der Waals surface area contributed by atoms with E-state index in [9.17, 15) is 9.59 Å². The molecule has 8 nitrogen and oxygen atoms in total. The minimum Gasteiger partial charge on any atom is -0.376 e. The molecule has 1 N–H and O–H groups in total. The van der Waals surface area contributed by atoms with Gasteiger partial charge in [0.15, 0.2) is 0 Å². The summed E-state index contributed by atoms with van der Waals surface area (Å²) in [6.45, 7) is 3.24. The molecule has 0 saturated carbocycles. The second kappa shape index (κ2) is 8.40. The molecule has 8 heteroatoms. The predicted octanol–water partition coefficient (Wildman–Crippen LogP) is 1.85. The molecule has 0 spiro atoms. The number of ether oxygens (including phenoxy) is 1. The number of benzene rings is 1. The van der Waals surface area contributed by atoms with Gasteiger partial charge in [-0.25, -0.2) is 9.67 Å². The fraction of sp³-hybridized carbons (Fsp3) is 0.333. The van der Waals surface area contributed by atoms with Crippen LogP contribution in [0.15, 0.2) is 54.0 Å². The molecule has 2 aromatic heterocycles. The van der Waals surface area contributed by atoms with Gasteiger partial charge in [-0.1, -0.05) is 18.2 Å². The number of rotatable bonds is 6. The van der Waals surface area contributed by atoms with Gasteiger partial charge in [0.25, 0.3) is 11.5 Å². The average Bonchev–Trinajstić information content (AvgIpc) is 3.43. The van der Waals surface area contributed by atoms with Gasteiger partial charge in [0, 0.05) is 19.3 Å². The molecule has 3 heterocycles. The molecule has 0 bridgehead atoms. The van der Waals surface area contributed by atoms with E-state index >= 15 is 0 Å². The van der Waals surface area contributed by atoms with Crippen molar-refractivity contribution in [2.45, 2.75) is 39.0 Å². The highest BCUT2D eigenvalue weighted by molar-refractivity contribution is 5.95. The molecule has 4 rings (SSSR count). The third kappa shape index (κ3) is 4.12. The lowest BCUT2D eigenvalue weighted by Gasteiger charge is -2.15. The molecule has 1 aromatic carbocycles. The zero-order valence-electron chi connectivity index (χ0n) is 16.2. The van der Waals surface area contributed by atoms with E-state index in [1.54, 1.807) is 34.8 Å². The Morgan fingerprint density at radius 1 is 1.31 bits per heavy atom. The first-order valence-corrected chi connectivity index (χ1v) is 9.66. The molecule has 0 radical (unpaired) electrons. The minimum absolute atomic E-state index is 0.0286. The number of aryl methyl sites for hydroxylation is 1. The zero-order valence-corrected chi connectivity index (χ0v) is 16.2. The highest BCUT2D eigenvalue weighted by atomic mass is 16.5. The fourth-order valence-electron chi connectivity index (χ4n) is 3.57. The first kappa shape index (κ1) is 19.1. The van der Waals surface area contributed by atoms with Crippen LogP contribution in [0.25, 0.3) is 5.69 Å². The number of pyridine rings is 1. The lowest BCUT2D eigenvalue weighted by Crippen LogP contribution is -2.35. The number of carbonyl (C=O) groups is 1. The normalized spacial score (nSPS) is 16.1. The van der Waals surface area contributed by atoms with Crippen molar-refractivity contribution in [3.05, 3.63) is 76.2 Å². The van der Waals surface area contributed by atoms with Gasteiger partial charge in [-0.05, 0) is 43.0 Å². The van der Waals surface area contributed by atoms with Crippen LogP contribution in [0.2, 0.25) is 0 Å². The number of aromatic nitrogens is 4. The largest absolute Gasteiger partial charge is 0.376 e. The number of hydrogen-bond donors (Lipinski definition) is 1. The lowest BCUT2D eigenvalue weighted by atomic mass is 10.1. The molecule has 3 aromatic rings. The molecular formula is C21H23N5O3. The van der Waals surface area contributed by atoms with Gasteiger partial charge in [-0.2, -0.15) is 5.10 Å². The number of nitrogens with one attached hydrogen (secondary N) is 1. The van der Waals surface area contributed by atoms with E-state index in [1.807, 2.05) is 24.3 Å². The van der Waals surface area contributed by atoms with Gasteiger partial charge in [-0.15, -0.1) is 0 Å². The smallest absolute Gasteiger partial charge is 0.263 e. The van der Waals surface area contributed by atoms with Crippen LogP contribution in [0.5, 0.6) is 0 Å². The van der Waals surface area contributed by atoms with Crippen molar-refractivity contribution >= 4 is 5.91 Å². The van der Waals surface area contributed by atoms with Gasteiger partial charge in [0.1, 0.15) is 18.2 Å². The Morgan fingerprint density at radius 2 is 2.17 bits per heavy atom. The molecule has 1 unspecified atom stereocenters. The van der Waals surface area contributed by atoms with E-state index in [0.29, 0.717) is 12.1 Å². The summed E-state index contributed by atoms with van der Waals surface area (Å²) < 4.78 is 8.84. The number of hydrogen-bond acceptors (Lipinski definition) is 5. The van der Waals surface area contributed by atoms with Crippen LogP contribution in [0, 0.1) is 6.92 Å². The number of para-hydroxylation sites is 1. The van der Waals surface area contributed by atoms with Crippen molar-refractivity contribution in [3.63, 3.8) is 0 Å². The van der Waals surface area contributed by atoms with Gasteiger partial charge < -0.3 is 14.6 Å². The Balaban J connectivity index is 1.53. The number of amides is 1. The minimum atomic E-state index is -0.386. The lowest BCUT2D eigenvalue weighted by molar-refractivity contribution is 0.0928. The molecule has 0 aliphatic carbocycles. The Kier molecular flexibility index (Phi) is 5.53. The summed E-state index contributed by atoms with van der Waals surface area (Å²) >= 11 is 0. The number of carbonyl (C=O) groups excluding carboxylic acids is 1. The Hall–Kier alpha value is -3.26. The predicted molar refractivity (Wildman–Crippen MR) is 107 cm³/mol. The summed E-state index contributed by atoms with van der Waals surface area (Å²) in [5, 5.41) is 7.02. The molecule has 150 valence electrons. The van der Waals surface area contributed by atoms with Crippen LogP contribution in [0.4, 0.5) is 0 Å². The maximum Gasteiger partial charge on any atom is 0.263 e. The standard InChI is InChI=1S/C21H23N5O3/c1-15-8-9-25(12-17-6-4-10-29-17)21(28)19(15)20(27)23-11-16-5-2-3-7-18(16)26-14-22-13-24-26/h2-3,5,7-9,13-14,17H,4,6,10-12H2,1H3,(H,23,27). The zero-order chi connectivity index (χ0) is 20.2. The Morgan fingerprint density at radius 3 is 2.93 bits per heavy atom. The van der Waals surface area contributed by atoms with E-state index in [0.717, 1.165) is 30.7 Å². The highest BCUT2D eigenvalue weighted by Gasteiger charge is 2.20. The van der Waals surface area contributed by atoms with E-state index in [1.165, 1.54) is 6.33 Å². The molecule has 1 aliphatic rings. The van der Waals surface area contributed by atoms with Crippen molar-refractivity contribution in [2.75, 3.05) is 6.61 Å². The molecule has 1 aliphatic heterocycles. The topological polar surface area (TPSA) is 91.0 Å². The third-order valence-corrected chi connectivity index (χ3v) is 5.12. The SMILES string of the molecule is Cc1ccn(CC2CCCO2)c(=O)c1C(=O)NCc1ccccc1-n1cncn1. The fourth-order valence-corrected chi connectivity index (χ4v) is 3.57. The molecule has 1 atom stereocenters. The van der Waals surface area contributed by atoms with E-state index in [2.05, 4.69) is 15.4 Å². The van der Waals surface area contributed by atoms with Crippen LogP contribution >= 0.6 is 0 Å². The monoisotopic (exact) mass is 393 g/mol. The molecular weight excluding hydrogens is 370 g/mol. The first-order chi connectivity index (χ1) is 14.1. The second-order valence-electron chi connectivity index (χ2n) is 7.12. The number of nitrogens with zero attached hydrogens (tertiary/aromatic N) is 4. The van der Waals surface area contributed by atoms with E-state index in [4.69, 9.17) is 4.74 Å². The summed E-state index contributed by atoms with van der Waals surface area (Å²) in [6.07, 6.45) is 6.76. The van der Waals surface area contributed by atoms with E-state index in [-0.39, 0.29) is 29.7 Å². The quantitative estimate of drug-likeness (QED) is 0.690. The van der Waals surface area contributed by atoms with Crippen LogP contribution in [0.3, 0.4) is 0 Å². The molecule has 1 amide bonds. The molecule has 1 saturated heterocycles. The van der Waals surface area contributed by atoms with Crippen LogP contribution in [0.1, 0.15) is 34.3 Å². The van der Waals surface area contributed by atoms with Gasteiger partial charge in [0.05, 0.1) is 18.3 Å². The maximum absolute atomic E-state index is 12.9. The highest BCUT2D eigenvalue weighted by Crippen LogP contribution is 2.15. The summed E-state index contributed by atoms with van der Waals surface area (Å²) in [4.78, 5) is 29.7. The van der Waals surface area contributed by atoms with E-state index < -0.39 is 0 Å². The Bertz CT molecular complexity index is 1050. The molecule has 29 heavy (non-hydrogen) atoms. The van der Waals surface area contributed by atoms with Gasteiger partial charge >= 0.3 is 0 Å². The van der Waals surface area contributed by atoms with Crippen molar-refractivity contribution in [3.8, 4) is 5.69 Å². The third-order valence-electron chi connectivity index (χ3n) is 5.12. The first-order valence-electron chi connectivity index (χ1n) is 9.66. The second-order valence-corrected chi connectivity index (χ2v) is 7.12. The van der Waals surface area contributed by atoms with Gasteiger partial charge in [-0.3, -0.25) is 9.59 Å². The summed E-state index contributed by atoms with van der Waals surface area (Å²) in [5.41, 5.74) is 2.23. The Labute approximate surface area is 168 Å². The van der Waals surface area contributed by atoms with Crippen molar-refractivity contribution in [1.29, 1.82) is 0 Å². The van der Waals surface area contributed by atoms with Gasteiger partial charge in [0.2, 0.25) is 0 Å². The summed E-state index contributed by atoms with van der Waals surface area (Å²) in [7, 11) is 0. The summed E-state index contributed by atoms with van der Waals surface area (Å²) in [6, 6.07) is 9.40. The van der Waals surface area contributed by atoms with Crippen molar-refractivity contribution in [1.82, 2.24) is 24.6 Å². The van der Waals surface area contributed by atoms with Crippen molar-refractivity contribution in [2.24, 2.45) is 0 Å². The van der Waals surface area contributed by atoms with Crippen LogP contribution in [-0.2, 0) is 17.8 Å².